The molecular weight excluding hydrogens is 392 g/mol. The Labute approximate surface area is 183 Å². The number of aromatic nitrogens is 1. The fourth-order valence-electron chi connectivity index (χ4n) is 4.18. The van der Waals surface area contributed by atoms with Gasteiger partial charge in [-0.3, -0.25) is 19.1 Å². The van der Waals surface area contributed by atoms with E-state index < -0.39 is 0 Å². The summed E-state index contributed by atoms with van der Waals surface area (Å²) < 4.78 is 7.50. The van der Waals surface area contributed by atoms with Crippen LogP contribution in [0.25, 0.3) is 0 Å². The minimum absolute atomic E-state index is 0.00962. The SMILES string of the molecule is CN=c1cc(N2CCOc3cc(C(=O)N4CCCCC4)ccc32)ccn1C(=O)C(C)C. The third kappa shape index (κ3) is 4.22. The van der Waals surface area contributed by atoms with Gasteiger partial charge in [-0.2, -0.15) is 0 Å². The summed E-state index contributed by atoms with van der Waals surface area (Å²) in [6, 6.07) is 9.54. The van der Waals surface area contributed by atoms with Crippen LogP contribution in [0.3, 0.4) is 0 Å². The number of hydrogen-bond donors (Lipinski definition) is 0. The van der Waals surface area contributed by atoms with E-state index in [1.807, 2.05) is 49.1 Å². The van der Waals surface area contributed by atoms with Crippen molar-refractivity contribution in [1.29, 1.82) is 0 Å². The van der Waals surface area contributed by atoms with Crippen LogP contribution in [0.4, 0.5) is 11.4 Å². The normalized spacial score (nSPS) is 16.8. The molecule has 7 nitrogen and oxygen atoms in total. The molecule has 0 spiro atoms. The smallest absolute Gasteiger partial charge is 0.253 e. The lowest BCUT2D eigenvalue weighted by atomic mass is 10.1. The van der Waals surface area contributed by atoms with Gasteiger partial charge in [-0.1, -0.05) is 13.8 Å². The number of ether oxygens (including phenoxy) is 1. The number of piperidine rings is 1. The molecule has 164 valence electrons. The second-order valence-corrected chi connectivity index (χ2v) is 8.37. The average Bonchev–Trinajstić information content (AvgIpc) is 2.82. The predicted octanol–water partition coefficient (Wildman–Crippen LogP) is 3.47. The molecule has 1 fully saturated rings. The van der Waals surface area contributed by atoms with Gasteiger partial charge >= 0.3 is 0 Å². The lowest BCUT2D eigenvalue weighted by Gasteiger charge is -2.32. The van der Waals surface area contributed by atoms with Gasteiger partial charge in [-0.05, 0) is 43.5 Å². The summed E-state index contributed by atoms with van der Waals surface area (Å²) in [7, 11) is 1.69. The van der Waals surface area contributed by atoms with Crippen LogP contribution in [0.15, 0.2) is 41.5 Å². The number of anilines is 2. The number of rotatable bonds is 3. The Balaban J connectivity index is 1.64. The van der Waals surface area contributed by atoms with Gasteiger partial charge in [0.1, 0.15) is 17.8 Å². The molecule has 31 heavy (non-hydrogen) atoms. The van der Waals surface area contributed by atoms with Gasteiger partial charge in [0.05, 0.1) is 12.2 Å². The number of fused-ring (bicyclic) bond motifs is 1. The fraction of sp³-hybridized carbons (Fsp3) is 0.458. The van der Waals surface area contributed by atoms with Gasteiger partial charge in [-0.25, -0.2) is 0 Å². The van der Waals surface area contributed by atoms with Gasteiger partial charge in [0.25, 0.3) is 5.91 Å². The van der Waals surface area contributed by atoms with Crippen LogP contribution in [0, 0.1) is 5.92 Å². The number of amides is 1. The molecule has 4 rings (SSSR count). The van der Waals surface area contributed by atoms with Crippen LogP contribution < -0.4 is 15.1 Å². The Morgan fingerprint density at radius 1 is 1.03 bits per heavy atom. The lowest BCUT2D eigenvalue weighted by Crippen LogP contribution is -2.36. The molecule has 0 saturated carbocycles. The molecule has 7 heteroatoms. The Kier molecular flexibility index (Phi) is 6.11. The molecule has 1 aromatic carbocycles. The van der Waals surface area contributed by atoms with Crippen molar-refractivity contribution in [3.05, 3.63) is 47.6 Å². The van der Waals surface area contributed by atoms with E-state index in [9.17, 15) is 9.59 Å². The first kappa shape index (κ1) is 21.2. The first-order valence-corrected chi connectivity index (χ1v) is 11.0. The van der Waals surface area contributed by atoms with Gasteiger partial charge in [0, 0.05) is 49.6 Å². The molecule has 2 aliphatic heterocycles. The van der Waals surface area contributed by atoms with Crippen molar-refractivity contribution < 1.29 is 14.3 Å². The first-order valence-electron chi connectivity index (χ1n) is 11.0. The molecule has 1 saturated heterocycles. The fourth-order valence-corrected chi connectivity index (χ4v) is 4.18. The number of carbonyl (C=O) groups excluding carboxylic acids is 2. The van der Waals surface area contributed by atoms with E-state index in [2.05, 4.69) is 9.89 Å². The summed E-state index contributed by atoms with van der Waals surface area (Å²) in [6.07, 6.45) is 5.11. The Bertz CT molecular complexity index is 1050. The predicted molar refractivity (Wildman–Crippen MR) is 120 cm³/mol. The molecule has 0 atom stereocenters. The maximum absolute atomic E-state index is 12.9. The van der Waals surface area contributed by atoms with Gasteiger partial charge in [0.15, 0.2) is 0 Å². The summed E-state index contributed by atoms with van der Waals surface area (Å²) in [5.41, 5.74) is 3.13. The van der Waals surface area contributed by atoms with E-state index in [1.54, 1.807) is 17.8 Å². The highest BCUT2D eigenvalue weighted by Gasteiger charge is 2.24. The van der Waals surface area contributed by atoms with E-state index in [0.29, 0.717) is 30.0 Å². The van der Waals surface area contributed by atoms with Crippen molar-refractivity contribution in [2.24, 2.45) is 10.9 Å². The van der Waals surface area contributed by atoms with E-state index in [1.165, 1.54) is 6.42 Å². The summed E-state index contributed by atoms with van der Waals surface area (Å²) in [5.74, 6) is 0.675. The zero-order valence-corrected chi connectivity index (χ0v) is 18.5. The molecule has 0 unspecified atom stereocenters. The number of likely N-dealkylation sites (tertiary alicyclic amines) is 1. The lowest BCUT2D eigenvalue weighted by molar-refractivity contribution is 0.0723. The molecule has 2 aromatic rings. The van der Waals surface area contributed by atoms with Crippen LogP contribution in [0.1, 0.15) is 48.3 Å². The summed E-state index contributed by atoms with van der Waals surface area (Å²) in [5, 5.41) is 0. The van der Waals surface area contributed by atoms with Gasteiger partial charge in [-0.15, -0.1) is 0 Å². The number of hydrogen-bond acceptors (Lipinski definition) is 5. The Morgan fingerprint density at radius 3 is 2.52 bits per heavy atom. The average molecular weight is 423 g/mol. The molecule has 1 aromatic heterocycles. The summed E-state index contributed by atoms with van der Waals surface area (Å²) >= 11 is 0. The Morgan fingerprint density at radius 2 is 1.81 bits per heavy atom. The molecule has 0 aliphatic carbocycles. The number of nitrogens with zero attached hydrogens (tertiary/aromatic N) is 4. The van der Waals surface area contributed by atoms with E-state index >= 15 is 0 Å². The second kappa shape index (κ2) is 8.96. The third-order valence-electron chi connectivity index (χ3n) is 5.90. The molecule has 1 amide bonds. The van der Waals surface area contributed by atoms with Crippen LogP contribution in [-0.4, -0.2) is 54.6 Å². The van der Waals surface area contributed by atoms with E-state index in [-0.39, 0.29) is 17.7 Å². The summed E-state index contributed by atoms with van der Waals surface area (Å²) in [6.45, 7) is 6.61. The molecule has 0 radical (unpaired) electrons. The number of carbonyl (C=O) groups is 2. The van der Waals surface area contributed by atoms with Gasteiger partial charge < -0.3 is 14.5 Å². The molecule has 0 N–H and O–H groups in total. The van der Waals surface area contributed by atoms with Crippen LogP contribution in [-0.2, 0) is 0 Å². The number of pyridine rings is 1. The van der Waals surface area contributed by atoms with Gasteiger partial charge in [0.2, 0.25) is 5.91 Å². The van der Waals surface area contributed by atoms with Crippen LogP contribution in [0.5, 0.6) is 5.75 Å². The maximum atomic E-state index is 12.9. The van der Waals surface area contributed by atoms with Crippen molar-refractivity contribution in [2.45, 2.75) is 33.1 Å². The zero-order chi connectivity index (χ0) is 22.0. The van der Waals surface area contributed by atoms with Crippen molar-refractivity contribution in [3.63, 3.8) is 0 Å². The minimum atomic E-state index is -0.115. The molecule has 0 bridgehead atoms. The van der Waals surface area contributed by atoms with Crippen molar-refractivity contribution >= 4 is 23.2 Å². The maximum Gasteiger partial charge on any atom is 0.253 e. The third-order valence-corrected chi connectivity index (χ3v) is 5.90. The quantitative estimate of drug-likeness (QED) is 0.760. The van der Waals surface area contributed by atoms with Crippen LogP contribution in [0.2, 0.25) is 0 Å². The molecular formula is C24H30N4O3. The van der Waals surface area contributed by atoms with Crippen molar-refractivity contribution in [1.82, 2.24) is 9.47 Å². The monoisotopic (exact) mass is 422 g/mol. The highest BCUT2D eigenvalue weighted by molar-refractivity contribution is 5.95. The van der Waals surface area contributed by atoms with E-state index in [0.717, 1.165) is 37.3 Å². The summed E-state index contributed by atoms with van der Waals surface area (Å²) in [4.78, 5) is 33.7. The Hall–Kier alpha value is -3.09. The number of benzene rings is 1. The van der Waals surface area contributed by atoms with Crippen molar-refractivity contribution in [3.8, 4) is 5.75 Å². The standard InChI is InChI=1S/C24H30N4O3/c1-17(2)23(29)28-12-9-19(16-22(28)25-3)27-13-14-31-21-15-18(7-8-20(21)27)24(30)26-10-5-4-6-11-26/h7-9,12,15-17H,4-6,10-11,13-14H2,1-3H3. The molecule has 2 aliphatic rings. The highest BCUT2D eigenvalue weighted by Crippen LogP contribution is 2.37. The van der Waals surface area contributed by atoms with Crippen LogP contribution >= 0.6 is 0 Å². The van der Waals surface area contributed by atoms with Crippen molar-refractivity contribution in [2.75, 3.05) is 38.2 Å². The highest BCUT2D eigenvalue weighted by atomic mass is 16.5. The van der Waals surface area contributed by atoms with E-state index in [4.69, 9.17) is 4.74 Å². The first-order chi connectivity index (χ1) is 15.0. The largest absolute Gasteiger partial charge is 0.490 e. The molecule has 3 heterocycles. The minimum Gasteiger partial charge on any atom is -0.490 e. The zero-order valence-electron chi connectivity index (χ0n) is 18.5. The second-order valence-electron chi connectivity index (χ2n) is 8.37. The topological polar surface area (TPSA) is 67.1 Å².